The van der Waals surface area contributed by atoms with Gasteiger partial charge in [-0.1, -0.05) is 11.6 Å². The number of H-pyrrole nitrogens is 1. The molecule has 0 atom stereocenters. The highest BCUT2D eigenvalue weighted by Crippen LogP contribution is 2.31. The summed E-state index contributed by atoms with van der Waals surface area (Å²) >= 11 is 5.88. The monoisotopic (exact) mass is 418 g/mol. The number of hydrogen-bond acceptors (Lipinski definition) is 6. The van der Waals surface area contributed by atoms with Crippen molar-refractivity contribution in [1.82, 2.24) is 15.0 Å². The summed E-state index contributed by atoms with van der Waals surface area (Å²) in [5.74, 6) is -1.16. The normalized spacial score (nSPS) is 12.2. The van der Waals surface area contributed by atoms with Crippen molar-refractivity contribution >= 4 is 38.5 Å². The molecule has 1 aromatic carbocycles. The maximum atomic E-state index is 13.0. The number of nitrogens with one attached hydrogen (secondary N) is 2. The molecule has 0 saturated carbocycles. The van der Waals surface area contributed by atoms with Gasteiger partial charge < -0.3 is 14.5 Å². The molecule has 0 bridgehead atoms. The van der Waals surface area contributed by atoms with Crippen LogP contribution in [0.1, 0.15) is 6.92 Å². The molecule has 0 aliphatic carbocycles. The fraction of sp³-hybridized carbons (Fsp3) is 0.200. The van der Waals surface area contributed by atoms with Gasteiger partial charge in [0.05, 0.1) is 13.3 Å². The third-order valence-electron chi connectivity index (χ3n) is 3.33. The van der Waals surface area contributed by atoms with Crippen molar-refractivity contribution in [2.75, 3.05) is 11.8 Å². The zero-order valence-electron chi connectivity index (χ0n) is 14.0. The van der Waals surface area contributed by atoms with Crippen LogP contribution in [0.25, 0.3) is 10.9 Å². The zero-order valence-corrected chi connectivity index (χ0v) is 15.5. The first kappa shape index (κ1) is 19.1. The Labute approximate surface area is 157 Å². The average molecular weight is 419 g/mol. The number of aromatic nitrogens is 3. The van der Waals surface area contributed by atoms with E-state index in [1.807, 2.05) is 0 Å². The Hall–Kier alpha value is -2.66. The van der Waals surface area contributed by atoms with Gasteiger partial charge >= 0.3 is 6.11 Å². The Morgan fingerprint density at radius 3 is 2.74 bits per heavy atom. The molecule has 27 heavy (non-hydrogen) atoms. The molecule has 3 aromatic rings. The molecule has 0 radical (unpaired) electrons. The van der Waals surface area contributed by atoms with Gasteiger partial charge in [0, 0.05) is 29.0 Å². The highest BCUT2D eigenvalue weighted by atomic mass is 35.5. The second-order valence-corrected chi connectivity index (χ2v) is 7.51. The van der Waals surface area contributed by atoms with Gasteiger partial charge in [0.15, 0.2) is 0 Å². The number of ether oxygens (including phenoxy) is 2. The van der Waals surface area contributed by atoms with Crippen LogP contribution in [-0.4, -0.2) is 36.6 Å². The van der Waals surface area contributed by atoms with Crippen molar-refractivity contribution in [3.05, 3.63) is 35.6 Å². The first-order valence-electron chi connectivity index (χ1n) is 7.36. The second kappa shape index (κ2) is 6.82. The SMILES string of the molecule is COc1nc(NS(=O)(=O)c2c[nH]c3cc(Cl)ccc23)ncc1OC(C)(F)F. The van der Waals surface area contributed by atoms with E-state index in [0.29, 0.717) is 22.8 Å². The number of nitrogens with zero attached hydrogens (tertiary/aromatic N) is 2. The van der Waals surface area contributed by atoms with E-state index in [0.717, 1.165) is 6.20 Å². The lowest BCUT2D eigenvalue weighted by atomic mass is 10.2. The Balaban J connectivity index is 1.93. The quantitative estimate of drug-likeness (QED) is 0.635. The number of alkyl halides is 2. The lowest BCUT2D eigenvalue weighted by Crippen LogP contribution is -2.20. The molecule has 0 spiro atoms. The number of fused-ring (bicyclic) bond motifs is 1. The fourth-order valence-corrected chi connectivity index (χ4v) is 3.59. The van der Waals surface area contributed by atoms with Crippen LogP contribution in [0.15, 0.2) is 35.5 Å². The highest BCUT2D eigenvalue weighted by Gasteiger charge is 2.27. The topological polar surface area (TPSA) is 106 Å². The summed E-state index contributed by atoms with van der Waals surface area (Å²) in [7, 11) is -2.90. The molecule has 12 heteroatoms. The van der Waals surface area contributed by atoms with Crippen LogP contribution in [0.5, 0.6) is 11.6 Å². The predicted octanol–water partition coefficient (Wildman–Crippen LogP) is 3.41. The Morgan fingerprint density at radius 1 is 1.33 bits per heavy atom. The van der Waals surface area contributed by atoms with E-state index in [1.165, 1.54) is 13.3 Å². The number of rotatable bonds is 6. The summed E-state index contributed by atoms with van der Waals surface area (Å²) in [6, 6.07) is 4.67. The molecule has 0 aliphatic heterocycles. The van der Waals surface area contributed by atoms with E-state index < -0.39 is 21.9 Å². The smallest absolute Gasteiger partial charge is 0.395 e. The Bertz CT molecular complexity index is 1100. The third kappa shape index (κ3) is 4.19. The van der Waals surface area contributed by atoms with Gasteiger partial charge in [-0.05, 0) is 18.2 Å². The second-order valence-electron chi connectivity index (χ2n) is 5.43. The first-order valence-corrected chi connectivity index (χ1v) is 9.22. The van der Waals surface area contributed by atoms with Gasteiger partial charge in [0.1, 0.15) is 4.90 Å². The maximum Gasteiger partial charge on any atom is 0.395 e. The van der Waals surface area contributed by atoms with E-state index in [4.69, 9.17) is 16.3 Å². The van der Waals surface area contributed by atoms with Crippen LogP contribution in [0.2, 0.25) is 5.02 Å². The van der Waals surface area contributed by atoms with Crippen LogP contribution < -0.4 is 14.2 Å². The summed E-state index contributed by atoms with van der Waals surface area (Å²) in [4.78, 5) is 10.2. The van der Waals surface area contributed by atoms with E-state index in [1.54, 1.807) is 18.2 Å². The minimum Gasteiger partial charge on any atom is -0.478 e. The van der Waals surface area contributed by atoms with Crippen LogP contribution in [0.4, 0.5) is 14.7 Å². The number of anilines is 1. The summed E-state index contributed by atoms with van der Waals surface area (Å²) in [5.41, 5.74) is 0.523. The molecular formula is C15H13ClF2N4O4S. The molecule has 3 rings (SSSR count). The number of hydrogen-bond donors (Lipinski definition) is 2. The van der Waals surface area contributed by atoms with Crippen LogP contribution in [-0.2, 0) is 10.0 Å². The van der Waals surface area contributed by atoms with E-state index in [9.17, 15) is 17.2 Å². The van der Waals surface area contributed by atoms with Crippen LogP contribution in [0.3, 0.4) is 0 Å². The number of aromatic amines is 1. The van der Waals surface area contributed by atoms with Crippen LogP contribution in [0, 0.1) is 0 Å². The Morgan fingerprint density at radius 2 is 2.07 bits per heavy atom. The number of methoxy groups -OCH3 is 1. The molecule has 2 aromatic heterocycles. The first-order chi connectivity index (χ1) is 12.6. The summed E-state index contributed by atoms with van der Waals surface area (Å²) in [6.45, 7) is 0.534. The van der Waals surface area contributed by atoms with Crippen LogP contribution >= 0.6 is 11.6 Å². The molecule has 0 unspecified atom stereocenters. The largest absolute Gasteiger partial charge is 0.478 e. The van der Waals surface area contributed by atoms with Gasteiger partial charge in [0.25, 0.3) is 15.9 Å². The van der Waals surface area contributed by atoms with Gasteiger partial charge in [0.2, 0.25) is 11.7 Å². The van der Waals surface area contributed by atoms with Crippen molar-refractivity contribution in [3.8, 4) is 11.6 Å². The Kier molecular flexibility index (Phi) is 4.82. The molecule has 144 valence electrons. The van der Waals surface area contributed by atoms with E-state index in [-0.39, 0.29) is 16.7 Å². The predicted molar refractivity (Wildman–Crippen MR) is 94.0 cm³/mol. The van der Waals surface area contributed by atoms with E-state index >= 15 is 0 Å². The van der Waals surface area contributed by atoms with Crippen molar-refractivity contribution in [3.63, 3.8) is 0 Å². The standard InChI is InChI=1S/C15H13ClF2N4O4S/c1-15(17,18)26-11-6-20-14(21-13(11)25-2)22-27(23,24)12-7-19-10-5-8(16)3-4-9(10)12/h3-7,19H,1-2H3,(H,20,21,22). The minimum atomic E-state index is -4.08. The molecular weight excluding hydrogens is 406 g/mol. The maximum absolute atomic E-state index is 13.0. The van der Waals surface area contributed by atoms with Crippen molar-refractivity contribution in [2.45, 2.75) is 17.9 Å². The third-order valence-corrected chi connectivity index (χ3v) is 4.93. The van der Waals surface area contributed by atoms with Gasteiger partial charge in [-0.25, -0.2) is 18.1 Å². The molecule has 0 aliphatic rings. The summed E-state index contributed by atoms with van der Waals surface area (Å²) in [5, 5.41) is 0.849. The molecule has 2 heterocycles. The highest BCUT2D eigenvalue weighted by molar-refractivity contribution is 7.93. The van der Waals surface area contributed by atoms with E-state index in [2.05, 4.69) is 24.4 Å². The zero-order chi connectivity index (χ0) is 19.8. The molecule has 0 amide bonds. The molecule has 2 N–H and O–H groups in total. The average Bonchev–Trinajstić information content (AvgIpc) is 2.98. The van der Waals surface area contributed by atoms with Gasteiger partial charge in [-0.3, -0.25) is 0 Å². The molecule has 0 saturated heterocycles. The lowest BCUT2D eigenvalue weighted by molar-refractivity contribution is -0.160. The van der Waals surface area contributed by atoms with Crippen molar-refractivity contribution in [2.24, 2.45) is 0 Å². The van der Waals surface area contributed by atoms with Crippen molar-refractivity contribution in [1.29, 1.82) is 0 Å². The van der Waals surface area contributed by atoms with Gasteiger partial charge in [-0.15, -0.1) is 0 Å². The lowest BCUT2D eigenvalue weighted by Gasteiger charge is -2.15. The minimum absolute atomic E-state index is 0.0582. The summed E-state index contributed by atoms with van der Waals surface area (Å²) < 4.78 is 62.7. The van der Waals surface area contributed by atoms with Gasteiger partial charge in [-0.2, -0.15) is 13.8 Å². The number of halogens is 3. The van der Waals surface area contributed by atoms with Crippen molar-refractivity contribution < 1.29 is 26.7 Å². The molecule has 8 nitrogen and oxygen atoms in total. The molecule has 0 fully saturated rings. The fourth-order valence-electron chi connectivity index (χ4n) is 2.28. The number of benzene rings is 1. The summed E-state index contributed by atoms with van der Waals surface area (Å²) in [6.07, 6.45) is -1.31. The number of sulfonamides is 1.